The predicted molar refractivity (Wildman–Crippen MR) is 103 cm³/mol. The Morgan fingerprint density at radius 2 is 1.33 bits per heavy atom. The summed E-state index contributed by atoms with van der Waals surface area (Å²) >= 11 is 0. The number of aryl methyl sites for hydroxylation is 5. The summed E-state index contributed by atoms with van der Waals surface area (Å²) in [6, 6.07) is 12.9. The van der Waals surface area contributed by atoms with Gasteiger partial charge in [0.05, 0.1) is 0 Å². The van der Waals surface area contributed by atoms with Gasteiger partial charge >= 0.3 is 0 Å². The van der Waals surface area contributed by atoms with Gasteiger partial charge in [0, 0.05) is 29.3 Å². The molecule has 0 aliphatic heterocycles. The summed E-state index contributed by atoms with van der Waals surface area (Å²) in [6.07, 6.45) is 3.86. The smallest absolute Gasteiger partial charge is 0.0464 e. The zero-order valence-electron chi connectivity index (χ0n) is 15.1. The predicted octanol–water partition coefficient (Wildman–Crippen LogP) is 6.03. The topological polar surface area (TPSA) is 24.9 Å². The van der Waals surface area contributed by atoms with Crippen LogP contribution in [0.3, 0.4) is 0 Å². The third-order valence-electron chi connectivity index (χ3n) is 4.46. The first-order valence-electron chi connectivity index (χ1n) is 8.33. The Hall–Kier alpha value is -2.61. The van der Waals surface area contributed by atoms with Gasteiger partial charge in [-0.15, -0.1) is 0 Å². The number of benzene rings is 2. The molecule has 0 radical (unpaired) electrons. The molecular formula is C22H24N2. The van der Waals surface area contributed by atoms with E-state index in [-0.39, 0.29) is 0 Å². The highest BCUT2D eigenvalue weighted by atomic mass is 14.9. The second kappa shape index (κ2) is 6.48. The summed E-state index contributed by atoms with van der Waals surface area (Å²) in [4.78, 5) is 4.30. The lowest BCUT2D eigenvalue weighted by molar-refractivity contribution is 1.22. The largest absolute Gasteiger partial charge is 0.355 e. The van der Waals surface area contributed by atoms with Crippen LogP contribution in [0.4, 0.5) is 11.4 Å². The Balaban J connectivity index is 2.12. The van der Waals surface area contributed by atoms with Crippen LogP contribution < -0.4 is 5.32 Å². The maximum atomic E-state index is 4.30. The van der Waals surface area contributed by atoms with Gasteiger partial charge in [0.1, 0.15) is 0 Å². The van der Waals surface area contributed by atoms with E-state index in [1.807, 2.05) is 12.4 Å². The van der Waals surface area contributed by atoms with E-state index in [1.165, 1.54) is 44.6 Å². The lowest BCUT2D eigenvalue weighted by Gasteiger charge is -2.18. The van der Waals surface area contributed by atoms with Crippen molar-refractivity contribution in [3.05, 3.63) is 76.6 Å². The standard InChI is InChI=1S/C22H24N2/c1-14-10-15(2)22(16(3)11-14)24-20-9-7-6-8-19(20)21-17(4)12-23-13-18(21)5/h6-13,24H,1-5H3. The number of hydrogen-bond acceptors (Lipinski definition) is 2. The molecule has 0 atom stereocenters. The second-order valence-electron chi connectivity index (χ2n) is 6.59. The van der Waals surface area contributed by atoms with Crippen LogP contribution in [0, 0.1) is 34.6 Å². The van der Waals surface area contributed by atoms with Crippen LogP contribution >= 0.6 is 0 Å². The van der Waals surface area contributed by atoms with Gasteiger partial charge in [0.15, 0.2) is 0 Å². The minimum Gasteiger partial charge on any atom is -0.355 e. The van der Waals surface area contributed by atoms with Crippen molar-refractivity contribution in [2.75, 3.05) is 5.32 Å². The molecular weight excluding hydrogens is 292 g/mol. The first-order chi connectivity index (χ1) is 11.5. The van der Waals surface area contributed by atoms with Crippen LogP contribution in [0.25, 0.3) is 11.1 Å². The van der Waals surface area contributed by atoms with Crippen molar-refractivity contribution in [1.82, 2.24) is 4.98 Å². The van der Waals surface area contributed by atoms with Gasteiger partial charge in [-0.25, -0.2) is 0 Å². The average molecular weight is 316 g/mol. The minimum absolute atomic E-state index is 1.13. The van der Waals surface area contributed by atoms with Gasteiger partial charge < -0.3 is 5.32 Å². The van der Waals surface area contributed by atoms with E-state index in [4.69, 9.17) is 0 Å². The molecule has 24 heavy (non-hydrogen) atoms. The highest BCUT2D eigenvalue weighted by Crippen LogP contribution is 2.35. The normalized spacial score (nSPS) is 10.7. The maximum absolute atomic E-state index is 4.30. The maximum Gasteiger partial charge on any atom is 0.0464 e. The molecule has 1 N–H and O–H groups in total. The van der Waals surface area contributed by atoms with Gasteiger partial charge in [-0.05, 0) is 68.5 Å². The van der Waals surface area contributed by atoms with Crippen molar-refractivity contribution in [3.63, 3.8) is 0 Å². The van der Waals surface area contributed by atoms with Crippen LogP contribution in [0.5, 0.6) is 0 Å². The Bertz CT molecular complexity index is 851. The molecule has 0 spiro atoms. The number of pyridine rings is 1. The SMILES string of the molecule is Cc1cc(C)c(Nc2ccccc2-c2c(C)cncc2C)c(C)c1. The fourth-order valence-corrected chi connectivity index (χ4v) is 3.45. The van der Waals surface area contributed by atoms with Crippen molar-refractivity contribution in [1.29, 1.82) is 0 Å². The molecule has 0 amide bonds. The second-order valence-corrected chi connectivity index (χ2v) is 6.59. The van der Waals surface area contributed by atoms with Crippen molar-refractivity contribution >= 4 is 11.4 Å². The fraction of sp³-hybridized carbons (Fsp3) is 0.227. The average Bonchev–Trinajstić information content (AvgIpc) is 2.52. The van der Waals surface area contributed by atoms with E-state index in [2.05, 4.69) is 81.3 Å². The van der Waals surface area contributed by atoms with Gasteiger partial charge in [-0.1, -0.05) is 35.9 Å². The van der Waals surface area contributed by atoms with Crippen LogP contribution in [-0.4, -0.2) is 4.98 Å². The number of nitrogens with one attached hydrogen (secondary N) is 1. The number of para-hydroxylation sites is 1. The summed E-state index contributed by atoms with van der Waals surface area (Å²) in [5.74, 6) is 0. The van der Waals surface area contributed by atoms with E-state index >= 15 is 0 Å². The molecule has 0 unspecified atom stereocenters. The lowest BCUT2D eigenvalue weighted by Crippen LogP contribution is -2.00. The number of hydrogen-bond donors (Lipinski definition) is 1. The first kappa shape index (κ1) is 16.3. The molecule has 0 bridgehead atoms. The highest BCUT2D eigenvalue weighted by Gasteiger charge is 2.12. The van der Waals surface area contributed by atoms with E-state index in [9.17, 15) is 0 Å². The molecule has 0 aliphatic rings. The Morgan fingerprint density at radius 1 is 0.750 bits per heavy atom. The fourth-order valence-electron chi connectivity index (χ4n) is 3.45. The third-order valence-corrected chi connectivity index (χ3v) is 4.46. The van der Waals surface area contributed by atoms with E-state index in [0.717, 1.165) is 5.69 Å². The van der Waals surface area contributed by atoms with Gasteiger partial charge in [-0.2, -0.15) is 0 Å². The van der Waals surface area contributed by atoms with E-state index in [1.54, 1.807) is 0 Å². The molecule has 0 fully saturated rings. The molecule has 0 saturated heterocycles. The molecule has 0 saturated carbocycles. The highest BCUT2D eigenvalue weighted by molar-refractivity contribution is 5.85. The van der Waals surface area contributed by atoms with E-state index < -0.39 is 0 Å². The number of nitrogens with zero attached hydrogens (tertiary/aromatic N) is 1. The van der Waals surface area contributed by atoms with Crippen molar-refractivity contribution in [3.8, 4) is 11.1 Å². The van der Waals surface area contributed by atoms with Crippen molar-refractivity contribution < 1.29 is 0 Å². The molecule has 122 valence electrons. The van der Waals surface area contributed by atoms with Gasteiger partial charge in [0.25, 0.3) is 0 Å². The molecule has 0 aliphatic carbocycles. The van der Waals surface area contributed by atoms with Crippen molar-refractivity contribution in [2.24, 2.45) is 0 Å². The summed E-state index contributed by atoms with van der Waals surface area (Å²) < 4.78 is 0. The molecule has 1 heterocycles. The van der Waals surface area contributed by atoms with Crippen molar-refractivity contribution in [2.45, 2.75) is 34.6 Å². The Labute approximate surface area is 144 Å². The third kappa shape index (κ3) is 3.05. The summed E-state index contributed by atoms with van der Waals surface area (Å²) in [5, 5.41) is 3.67. The Morgan fingerprint density at radius 3 is 1.96 bits per heavy atom. The molecule has 2 nitrogen and oxygen atoms in total. The zero-order valence-corrected chi connectivity index (χ0v) is 15.1. The number of aromatic nitrogens is 1. The number of rotatable bonds is 3. The minimum atomic E-state index is 1.13. The van der Waals surface area contributed by atoms with Crippen LogP contribution in [0.2, 0.25) is 0 Å². The molecule has 1 aromatic heterocycles. The van der Waals surface area contributed by atoms with E-state index in [0.29, 0.717) is 0 Å². The summed E-state index contributed by atoms with van der Waals surface area (Å²) in [6.45, 7) is 10.7. The quantitative estimate of drug-likeness (QED) is 0.637. The zero-order chi connectivity index (χ0) is 17.3. The van der Waals surface area contributed by atoms with Gasteiger partial charge in [0.2, 0.25) is 0 Å². The Kier molecular flexibility index (Phi) is 4.39. The molecule has 2 aromatic carbocycles. The monoisotopic (exact) mass is 316 g/mol. The molecule has 3 rings (SSSR count). The lowest BCUT2D eigenvalue weighted by atomic mass is 9.96. The summed E-state index contributed by atoms with van der Waals surface area (Å²) in [5.41, 5.74) is 11.0. The number of anilines is 2. The van der Waals surface area contributed by atoms with Gasteiger partial charge in [-0.3, -0.25) is 4.98 Å². The molecule has 2 heteroatoms. The van der Waals surface area contributed by atoms with Crippen LogP contribution in [-0.2, 0) is 0 Å². The van der Waals surface area contributed by atoms with Crippen LogP contribution in [0.15, 0.2) is 48.8 Å². The summed E-state index contributed by atoms with van der Waals surface area (Å²) in [7, 11) is 0. The first-order valence-corrected chi connectivity index (χ1v) is 8.33. The van der Waals surface area contributed by atoms with Crippen LogP contribution in [0.1, 0.15) is 27.8 Å². The molecule has 3 aromatic rings.